The maximum absolute atomic E-state index is 13.6. The predicted octanol–water partition coefficient (Wildman–Crippen LogP) is 2.66. The number of ether oxygens (including phenoxy) is 1. The van der Waals surface area contributed by atoms with Gasteiger partial charge in [0.2, 0.25) is 0 Å². The first-order chi connectivity index (χ1) is 8.51. The van der Waals surface area contributed by atoms with E-state index >= 15 is 0 Å². The van der Waals surface area contributed by atoms with Gasteiger partial charge in [-0.2, -0.15) is 0 Å². The third kappa shape index (κ3) is 3.43. The largest absolute Gasteiger partial charge is 0.389 e. The number of aliphatic hydroxyl groups excluding tert-OH is 1. The van der Waals surface area contributed by atoms with Crippen molar-refractivity contribution in [3.8, 4) is 0 Å². The molecule has 0 amide bonds. The smallest absolute Gasteiger partial charge is 0.126 e. The number of rotatable bonds is 6. The van der Waals surface area contributed by atoms with Crippen LogP contribution < -0.4 is 4.90 Å². The monoisotopic (exact) mass is 255 g/mol. The van der Waals surface area contributed by atoms with Crippen LogP contribution in [0.25, 0.3) is 0 Å². The third-order valence-electron chi connectivity index (χ3n) is 3.05. The Hall–Kier alpha value is -1.13. The lowest BCUT2D eigenvalue weighted by atomic mass is 10.0. The van der Waals surface area contributed by atoms with Crippen molar-refractivity contribution in [2.75, 3.05) is 31.7 Å². The van der Waals surface area contributed by atoms with Crippen LogP contribution >= 0.6 is 0 Å². The Morgan fingerprint density at radius 3 is 2.61 bits per heavy atom. The van der Waals surface area contributed by atoms with Gasteiger partial charge in [-0.15, -0.1) is 0 Å². The second kappa shape index (κ2) is 6.71. The summed E-state index contributed by atoms with van der Waals surface area (Å²) in [5.41, 5.74) is 2.09. The van der Waals surface area contributed by atoms with Crippen LogP contribution in [0.3, 0.4) is 0 Å². The molecule has 18 heavy (non-hydrogen) atoms. The molecule has 1 atom stereocenters. The summed E-state index contributed by atoms with van der Waals surface area (Å²) in [6, 6.07) is 3.21. The molecule has 0 saturated heterocycles. The summed E-state index contributed by atoms with van der Waals surface area (Å²) in [4.78, 5) is 2.08. The zero-order chi connectivity index (χ0) is 13.7. The summed E-state index contributed by atoms with van der Waals surface area (Å²) in [5, 5.41) is 9.77. The standard InChI is InChI=1S/C14H22FNO2/c1-5-16(6-7-18-4)14-8-10(2)13(15)9-12(14)11(3)17/h8-9,11,17H,5-7H2,1-4H3/t11-/m0/s1. The highest BCUT2D eigenvalue weighted by atomic mass is 19.1. The number of nitrogens with zero attached hydrogens (tertiary/aromatic N) is 1. The Balaban J connectivity index is 3.14. The molecule has 0 radical (unpaired) electrons. The second-order valence-corrected chi connectivity index (χ2v) is 4.41. The molecule has 0 aromatic heterocycles. The van der Waals surface area contributed by atoms with Gasteiger partial charge in [0.15, 0.2) is 0 Å². The van der Waals surface area contributed by atoms with Gasteiger partial charge in [-0.25, -0.2) is 4.39 Å². The molecule has 0 fully saturated rings. The van der Waals surface area contributed by atoms with E-state index in [2.05, 4.69) is 4.90 Å². The molecule has 0 bridgehead atoms. The summed E-state index contributed by atoms with van der Waals surface area (Å²) in [5.74, 6) is -0.280. The molecule has 1 N–H and O–H groups in total. The third-order valence-corrected chi connectivity index (χ3v) is 3.05. The fraction of sp³-hybridized carbons (Fsp3) is 0.571. The highest BCUT2D eigenvalue weighted by Gasteiger charge is 2.16. The van der Waals surface area contributed by atoms with Crippen molar-refractivity contribution < 1.29 is 14.2 Å². The van der Waals surface area contributed by atoms with E-state index in [-0.39, 0.29) is 5.82 Å². The lowest BCUT2D eigenvalue weighted by Gasteiger charge is -2.27. The van der Waals surface area contributed by atoms with Crippen LogP contribution in [0.4, 0.5) is 10.1 Å². The lowest BCUT2D eigenvalue weighted by molar-refractivity contribution is 0.197. The number of hydrogen-bond acceptors (Lipinski definition) is 3. The van der Waals surface area contributed by atoms with Crippen molar-refractivity contribution in [3.63, 3.8) is 0 Å². The fourth-order valence-corrected chi connectivity index (χ4v) is 1.94. The van der Waals surface area contributed by atoms with Crippen LogP contribution in [-0.2, 0) is 4.74 Å². The summed E-state index contributed by atoms with van der Waals surface area (Å²) >= 11 is 0. The van der Waals surface area contributed by atoms with Crippen LogP contribution in [0, 0.1) is 12.7 Å². The fourth-order valence-electron chi connectivity index (χ4n) is 1.94. The zero-order valence-corrected chi connectivity index (χ0v) is 11.5. The summed E-state index contributed by atoms with van der Waals surface area (Å²) < 4.78 is 18.7. The van der Waals surface area contributed by atoms with Crippen LogP contribution in [0.15, 0.2) is 12.1 Å². The van der Waals surface area contributed by atoms with Gasteiger partial charge in [0.1, 0.15) is 5.82 Å². The minimum Gasteiger partial charge on any atom is -0.389 e. The van der Waals surface area contributed by atoms with E-state index < -0.39 is 6.10 Å². The van der Waals surface area contributed by atoms with Gasteiger partial charge in [-0.05, 0) is 38.5 Å². The maximum atomic E-state index is 13.6. The average molecular weight is 255 g/mol. The Kier molecular flexibility index (Phi) is 5.56. The minimum atomic E-state index is -0.688. The van der Waals surface area contributed by atoms with Crippen molar-refractivity contribution in [1.29, 1.82) is 0 Å². The molecule has 0 aliphatic rings. The number of methoxy groups -OCH3 is 1. The molecule has 4 heteroatoms. The van der Waals surface area contributed by atoms with E-state index in [1.165, 1.54) is 6.07 Å². The van der Waals surface area contributed by atoms with Crippen LogP contribution in [0.2, 0.25) is 0 Å². The van der Waals surface area contributed by atoms with E-state index in [1.807, 2.05) is 6.92 Å². The highest BCUT2D eigenvalue weighted by molar-refractivity contribution is 5.56. The number of anilines is 1. The molecule has 0 aliphatic heterocycles. The molecule has 102 valence electrons. The Bertz CT molecular complexity index is 394. The summed E-state index contributed by atoms with van der Waals surface area (Å²) in [6.45, 7) is 7.52. The lowest BCUT2D eigenvalue weighted by Crippen LogP contribution is -2.28. The maximum Gasteiger partial charge on any atom is 0.126 e. The quantitative estimate of drug-likeness (QED) is 0.848. The number of aryl methyl sites for hydroxylation is 1. The van der Waals surface area contributed by atoms with Crippen molar-refractivity contribution in [1.82, 2.24) is 0 Å². The molecule has 1 rings (SSSR count). The average Bonchev–Trinajstić information content (AvgIpc) is 2.33. The Morgan fingerprint density at radius 1 is 1.44 bits per heavy atom. The van der Waals surface area contributed by atoms with Crippen molar-refractivity contribution in [2.24, 2.45) is 0 Å². The van der Waals surface area contributed by atoms with Crippen LogP contribution in [-0.4, -0.2) is 31.9 Å². The van der Waals surface area contributed by atoms with E-state index in [9.17, 15) is 9.50 Å². The molecule has 0 unspecified atom stereocenters. The number of halogens is 1. The van der Waals surface area contributed by atoms with Crippen molar-refractivity contribution in [2.45, 2.75) is 26.9 Å². The molecule has 1 aromatic carbocycles. The van der Waals surface area contributed by atoms with E-state index in [1.54, 1.807) is 27.0 Å². The molecule has 3 nitrogen and oxygen atoms in total. The SMILES string of the molecule is CCN(CCOC)c1cc(C)c(F)cc1[C@H](C)O. The van der Waals surface area contributed by atoms with Gasteiger partial charge < -0.3 is 14.7 Å². The number of hydrogen-bond donors (Lipinski definition) is 1. The van der Waals surface area contributed by atoms with E-state index in [0.717, 1.165) is 18.8 Å². The molecular weight excluding hydrogens is 233 g/mol. The van der Waals surface area contributed by atoms with E-state index in [0.29, 0.717) is 17.7 Å². The first kappa shape index (κ1) is 14.9. The normalized spacial score (nSPS) is 12.6. The van der Waals surface area contributed by atoms with Gasteiger partial charge in [-0.3, -0.25) is 0 Å². The Labute approximate surface area is 108 Å². The first-order valence-corrected chi connectivity index (χ1v) is 6.23. The van der Waals surface area contributed by atoms with E-state index in [4.69, 9.17) is 4.74 Å². The van der Waals surface area contributed by atoms with Crippen LogP contribution in [0.5, 0.6) is 0 Å². The van der Waals surface area contributed by atoms with Crippen molar-refractivity contribution >= 4 is 5.69 Å². The molecule has 0 aliphatic carbocycles. The second-order valence-electron chi connectivity index (χ2n) is 4.41. The number of aliphatic hydroxyl groups is 1. The number of likely N-dealkylation sites (N-methyl/N-ethyl adjacent to an activating group) is 1. The molecule has 1 aromatic rings. The molecule has 0 heterocycles. The highest BCUT2D eigenvalue weighted by Crippen LogP contribution is 2.29. The minimum absolute atomic E-state index is 0.280. The number of benzene rings is 1. The topological polar surface area (TPSA) is 32.7 Å². The zero-order valence-electron chi connectivity index (χ0n) is 11.5. The van der Waals surface area contributed by atoms with Crippen molar-refractivity contribution in [3.05, 3.63) is 29.1 Å². The first-order valence-electron chi connectivity index (χ1n) is 6.23. The van der Waals surface area contributed by atoms with Gasteiger partial charge in [0.25, 0.3) is 0 Å². The summed E-state index contributed by atoms with van der Waals surface area (Å²) in [7, 11) is 1.65. The molecular formula is C14H22FNO2. The summed E-state index contributed by atoms with van der Waals surface area (Å²) in [6.07, 6.45) is -0.688. The van der Waals surface area contributed by atoms with Gasteiger partial charge in [-0.1, -0.05) is 0 Å². The Morgan fingerprint density at radius 2 is 2.11 bits per heavy atom. The van der Waals surface area contributed by atoms with Gasteiger partial charge in [0, 0.05) is 31.5 Å². The van der Waals surface area contributed by atoms with Gasteiger partial charge >= 0.3 is 0 Å². The van der Waals surface area contributed by atoms with Gasteiger partial charge in [0.05, 0.1) is 12.7 Å². The predicted molar refractivity (Wildman–Crippen MR) is 71.5 cm³/mol. The van der Waals surface area contributed by atoms with Crippen LogP contribution in [0.1, 0.15) is 31.1 Å². The molecule has 0 saturated carbocycles. The molecule has 0 spiro atoms.